The Morgan fingerprint density at radius 2 is 2.09 bits per heavy atom. The van der Waals surface area contributed by atoms with Crippen LogP contribution in [0.3, 0.4) is 0 Å². The van der Waals surface area contributed by atoms with Gasteiger partial charge in [-0.15, -0.1) is 0 Å². The summed E-state index contributed by atoms with van der Waals surface area (Å²) in [4.78, 5) is 23.0. The van der Waals surface area contributed by atoms with E-state index in [1.807, 2.05) is 18.2 Å². The fraction of sp³-hybridized carbons (Fsp3) is 0.250. The first-order valence-corrected chi connectivity index (χ1v) is 6.89. The third kappa shape index (κ3) is 2.73. The number of benzene rings is 1. The van der Waals surface area contributed by atoms with Gasteiger partial charge in [-0.2, -0.15) is 0 Å². The van der Waals surface area contributed by atoms with E-state index in [-0.39, 0.29) is 16.7 Å². The minimum atomic E-state index is -1.07. The summed E-state index contributed by atoms with van der Waals surface area (Å²) in [5.41, 5.74) is 1.16. The van der Waals surface area contributed by atoms with Gasteiger partial charge in [-0.05, 0) is 31.2 Å². The van der Waals surface area contributed by atoms with Crippen molar-refractivity contribution in [1.82, 2.24) is 4.57 Å². The van der Waals surface area contributed by atoms with E-state index in [4.69, 9.17) is 9.84 Å². The monoisotopic (exact) mass is 300 g/mol. The van der Waals surface area contributed by atoms with Crippen molar-refractivity contribution in [2.45, 2.75) is 12.5 Å². The van der Waals surface area contributed by atoms with Crippen molar-refractivity contribution in [3.8, 4) is 5.69 Å². The lowest BCUT2D eigenvalue weighted by atomic mass is 10.0. The molecule has 6 heteroatoms. The van der Waals surface area contributed by atoms with Crippen LogP contribution < -0.4 is 10.9 Å². The lowest BCUT2D eigenvalue weighted by Gasteiger charge is -2.39. The van der Waals surface area contributed by atoms with Crippen LogP contribution in [0.1, 0.15) is 17.3 Å². The van der Waals surface area contributed by atoms with E-state index >= 15 is 0 Å². The van der Waals surface area contributed by atoms with Crippen LogP contribution in [0.15, 0.2) is 47.4 Å². The number of ether oxygens (including phenoxy) is 1. The number of carboxylic acids is 1. The number of carbonyl (C=O) groups is 1. The first-order chi connectivity index (χ1) is 10.5. The predicted octanol–water partition coefficient (Wildman–Crippen LogP) is 1.74. The number of aromatic carboxylic acids is 1. The maximum absolute atomic E-state index is 12.0. The molecule has 2 heterocycles. The van der Waals surface area contributed by atoms with Gasteiger partial charge in [-0.3, -0.25) is 9.36 Å². The number of nitrogens with zero attached hydrogens (tertiary/aromatic N) is 1. The second-order valence-electron chi connectivity index (χ2n) is 5.66. The molecule has 0 bridgehead atoms. The molecule has 1 aliphatic heterocycles. The first kappa shape index (κ1) is 14.3. The summed E-state index contributed by atoms with van der Waals surface area (Å²) in [7, 11) is 0. The highest BCUT2D eigenvalue weighted by molar-refractivity contribution is 5.87. The zero-order chi connectivity index (χ0) is 15.7. The Morgan fingerprint density at radius 1 is 1.32 bits per heavy atom. The zero-order valence-corrected chi connectivity index (χ0v) is 12.1. The molecular formula is C16H16N2O4. The molecule has 1 aromatic carbocycles. The number of pyridine rings is 1. The Balaban J connectivity index is 1.96. The van der Waals surface area contributed by atoms with Gasteiger partial charge in [-0.1, -0.05) is 6.07 Å². The van der Waals surface area contributed by atoms with Crippen molar-refractivity contribution in [3.05, 3.63) is 58.5 Å². The van der Waals surface area contributed by atoms with Gasteiger partial charge in [0.1, 0.15) is 0 Å². The summed E-state index contributed by atoms with van der Waals surface area (Å²) < 4.78 is 6.53. The molecule has 0 unspecified atom stereocenters. The first-order valence-electron chi connectivity index (χ1n) is 6.89. The number of hydrogen-bond acceptors (Lipinski definition) is 4. The lowest BCUT2D eigenvalue weighted by molar-refractivity contribution is -0.0318. The molecule has 0 saturated carbocycles. The van der Waals surface area contributed by atoms with Gasteiger partial charge in [0.25, 0.3) is 5.56 Å². The van der Waals surface area contributed by atoms with Gasteiger partial charge in [0.05, 0.1) is 30.0 Å². The van der Waals surface area contributed by atoms with Crippen molar-refractivity contribution < 1.29 is 14.6 Å². The molecule has 2 N–H and O–H groups in total. The Morgan fingerprint density at radius 3 is 2.73 bits per heavy atom. The molecule has 0 aliphatic carbocycles. The van der Waals surface area contributed by atoms with Crippen molar-refractivity contribution in [2.75, 3.05) is 18.5 Å². The average molecular weight is 300 g/mol. The van der Waals surface area contributed by atoms with Crippen LogP contribution in [0.25, 0.3) is 5.69 Å². The zero-order valence-electron chi connectivity index (χ0n) is 12.1. The quantitative estimate of drug-likeness (QED) is 0.899. The third-order valence-electron chi connectivity index (χ3n) is 3.57. The van der Waals surface area contributed by atoms with Gasteiger partial charge in [0.15, 0.2) is 0 Å². The molecule has 114 valence electrons. The summed E-state index contributed by atoms with van der Waals surface area (Å²) in [5, 5.41) is 12.4. The van der Waals surface area contributed by atoms with Crippen LogP contribution in [0.2, 0.25) is 0 Å². The van der Waals surface area contributed by atoms with Gasteiger partial charge >= 0.3 is 5.97 Å². The Hall–Kier alpha value is -2.60. The van der Waals surface area contributed by atoms with Crippen LogP contribution in [-0.4, -0.2) is 34.4 Å². The van der Waals surface area contributed by atoms with Gasteiger partial charge in [-0.25, -0.2) is 4.79 Å². The van der Waals surface area contributed by atoms with Crippen LogP contribution in [0.4, 0.5) is 5.69 Å². The highest BCUT2D eigenvalue weighted by atomic mass is 16.5. The molecule has 0 spiro atoms. The van der Waals surface area contributed by atoms with E-state index in [9.17, 15) is 9.59 Å². The summed E-state index contributed by atoms with van der Waals surface area (Å²) in [5.74, 6) is -1.07. The van der Waals surface area contributed by atoms with E-state index in [0.717, 1.165) is 5.69 Å². The Bertz CT molecular complexity index is 778. The van der Waals surface area contributed by atoms with Crippen molar-refractivity contribution >= 4 is 11.7 Å². The van der Waals surface area contributed by atoms with E-state index in [0.29, 0.717) is 18.9 Å². The fourth-order valence-electron chi connectivity index (χ4n) is 2.38. The van der Waals surface area contributed by atoms with Crippen LogP contribution >= 0.6 is 0 Å². The van der Waals surface area contributed by atoms with Gasteiger partial charge in [0.2, 0.25) is 0 Å². The molecule has 2 aromatic rings. The minimum Gasteiger partial charge on any atom is -0.478 e. The van der Waals surface area contributed by atoms with E-state index < -0.39 is 5.97 Å². The molecule has 22 heavy (non-hydrogen) atoms. The molecule has 1 saturated heterocycles. The number of nitrogens with one attached hydrogen (secondary N) is 1. The highest BCUT2D eigenvalue weighted by Gasteiger charge is 2.32. The summed E-state index contributed by atoms with van der Waals surface area (Å²) >= 11 is 0. The maximum Gasteiger partial charge on any atom is 0.337 e. The normalized spacial score (nSPS) is 15.9. The van der Waals surface area contributed by atoms with Crippen LogP contribution in [0, 0.1) is 0 Å². The van der Waals surface area contributed by atoms with E-state index in [1.165, 1.54) is 22.9 Å². The molecule has 3 rings (SSSR count). The van der Waals surface area contributed by atoms with E-state index in [2.05, 4.69) is 12.2 Å². The lowest BCUT2D eigenvalue weighted by Crippen LogP contribution is -2.53. The molecule has 0 amide bonds. The number of rotatable bonds is 4. The molecule has 1 fully saturated rings. The number of aromatic nitrogens is 1. The van der Waals surface area contributed by atoms with Gasteiger partial charge in [0, 0.05) is 18.0 Å². The standard InChI is InChI=1S/C16H16N2O4/c1-16(9-22-10-16)17-12-3-2-4-13(7-12)18-8-11(15(20)21)5-6-14(18)19/h2-8,17H,9-10H2,1H3,(H,20,21). The predicted molar refractivity (Wildman–Crippen MR) is 81.8 cm³/mol. The number of hydrogen-bond donors (Lipinski definition) is 2. The summed E-state index contributed by atoms with van der Waals surface area (Å²) in [6.45, 7) is 3.32. The summed E-state index contributed by atoms with van der Waals surface area (Å²) in [6.07, 6.45) is 1.33. The molecule has 0 radical (unpaired) electrons. The SMILES string of the molecule is CC1(Nc2cccc(-n3cc(C(=O)O)ccc3=O)c2)COC1. The van der Waals surface area contributed by atoms with Crippen molar-refractivity contribution in [3.63, 3.8) is 0 Å². The minimum absolute atomic E-state index is 0.0670. The van der Waals surface area contributed by atoms with Crippen molar-refractivity contribution in [1.29, 1.82) is 0 Å². The Labute approximate surface area is 127 Å². The highest BCUT2D eigenvalue weighted by Crippen LogP contribution is 2.23. The van der Waals surface area contributed by atoms with E-state index in [1.54, 1.807) is 6.07 Å². The molecule has 1 aliphatic rings. The largest absolute Gasteiger partial charge is 0.478 e. The number of anilines is 1. The van der Waals surface area contributed by atoms with Gasteiger partial charge < -0.3 is 15.2 Å². The smallest absolute Gasteiger partial charge is 0.337 e. The van der Waals surface area contributed by atoms with Crippen molar-refractivity contribution in [2.24, 2.45) is 0 Å². The molecular weight excluding hydrogens is 284 g/mol. The molecule has 1 aromatic heterocycles. The Kier molecular flexibility index (Phi) is 3.46. The molecule has 0 atom stereocenters. The topological polar surface area (TPSA) is 80.6 Å². The molecule has 6 nitrogen and oxygen atoms in total. The average Bonchev–Trinajstić information content (AvgIpc) is 2.46. The summed E-state index contributed by atoms with van der Waals surface area (Å²) in [6, 6.07) is 9.86. The van der Waals surface area contributed by atoms with Crippen LogP contribution in [-0.2, 0) is 4.74 Å². The van der Waals surface area contributed by atoms with Crippen LogP contribution in [0.5, 0.6) is 0 Å². The fourth-order valence-corrected chi connectivity index (χ4v) is 2.38. The third-order valence-corrected chi connectivity index (χ3v) is 3.57. The second-order valence-corrected chi connectivity index (χ2v) is 5.66. The maximum atomic E-state index is 12.0. The number of carboxylic acid groups (broad SMARTS) is 1. The second kappa shape index (κ2) is 5.31.